The zero-order valence-electron chi connectivity index (χ0n) is 19.4. The normalized spacial score (nSPS) is 12.1. The Hall–Kier alpha value is -3.32. The fourth-order valence-corrected chi connectivity index (χ4v) is 5.13. The second-order valence-electron chi connectivity index (χ2n) is 7.92. The van der Waals surface area contributed by atoms with Crippen molar-refractivity contribution < 1.29 is 17.9 Å². The molecule has 1 amide bonds. The first-order chi connectivity index (χ1) is 15.8. The van der Waals surface area contributed by atoms with Crippen LogP contribution >= 0.6 is 0 Å². The Kier molecular flexibility index (Phi) is 7.76. The van der Waals surface area contributed by atoms with Crippen LogP contribution in [0, 0.1) is 13.8 Å². The number of rotatable bonds is 9. The number of carbonyl (C=O) groups is 1. The molecule has 174 valence electrons. The van der Waals surface area contributed by atoms with Crippen LogP contribution in [0.2, 0.25) is 0 Å². The number of hydrogen-bond donors (Lipinski definition) is 1. The first-order valence-electron chi connectivity index (χ1n) is 10.8. The van der Waals surface area contributed by atoms with E-state index in [9.17, 15) is 13.2 Å². The summed E-state index contributed by atoms with van der Waals surface area (Å²) in [6.07, 6.45) is 0.660. The number of hydrogen-bond acceptors (Lipinski definition) is 4. The number of anilines is 1. The summed E-state index contributed by atoms with van der Waals surface area (Å²) in [6, 6.07) is 21.0. The predicted molar refractivity (Wildman–Crippen MR) is 131 cm³/mol. The van der Waals surface area contributed by atoms with Gasteiger partial charge in [0, 0.05) is 0 Å². The summed E-state index contributed by atoms with van der Waals surface area (Å²) in [7, 11) is -2.35. The van der Waals surface area contributed by atoms with E-state index in [0.29, 0.717) is 12.1 Å². The first-order valence-corrected chi connectivity index (χ1v) is 12.3. The van der Waals surface area contributed by atoms with Crippen LogP contribution in [-0.2, 0) is 14.8 Å². The second kappa shape index (κ2) is 10.5. The zero-order chi connectivity index (χ0) is 24.0. The number of nitrogens with zero attached hydrogens (tertiary/aromatic N) is 1. The molecule has 0 unspecified atom stereocenters. The summed E-state index contributed by atoms with van der Waals surface area (Å²) in [4.78, 5) is 13.3. The molecule has 0 bridgehead atoms. The van der Waals surface area contributed by atoms with Gasteiger partial charge in [0.15, 0.2) is 0 Å². The molecule has 0 aliphatic heterocycles. The van der Waals surface area contributed by atoms with Crippen molar-refractivity contribution in [3.63, 3.8) is 0 Å². The molecule has 3 aromatic carbocycles. The Morgan fingerprint density at radius 1 is 1.00 bits per heavy atom. The Balaban J connectivity index is 1.92. The Labute approximate surface area is 196 Å². The second-order valence-corrected chi connectivity index (χ2v) is 9.78. The lowest BCUT2D eigenvalue weighted by molar-refractivity contribution is -0.120. The van der Waals surface area contributed by atoms with E-state index < -0.39 is 10.0 Å². The third kappa shape index (κ3) is 5.73. The Morgan fingerprint density at radius 2 is 1.67 bits per heavy atom. The fourth-order valence-electron chi connectivity index (χ4n) is 3.64. The van der Waals surface area contributed by atoms with Crippen LogP contribution in [0.4, 0.5) is 5.69 Å². The fraction of sp³-hybridized carbons (Fsp3) is 0.269. The molecule has 1 atom stereocenters. The molecular weight excluding hydrogens is 436 g/mol. The van der Waals surface area contributed by atoms with Gasteiger partial charge < -0.3 is 10.1 Å². The molecule has 0 aliphatic carbocycles. The highest BCUT2D eigenvalue weighted by Gasteiger charge is 2.29. The van der Waals surface area contributed by atoms with Crippen molar-refractivity contribution in [2.24, 2.45) is 0 Å². The van der Waals surface area contributed by atoms with E-state index in [0.717, 1.165) is 22.4 Å². The summed E-state index contributed by atoms with van der Waals surface area (Å²) in [5, 5.41) is 2.99. The minimum Gasteiger partial charge on any atom is -0.497 e. The summed E-state index contributed by atoms with van der Waals surface area (Å²) in [5.41, 5.74) is 3.10. The minimum atomic E-state index is -3.95. The molecule has 0 aromatic heterocycles. The lowest BCUT2D eigenvalue weighted by Gasteiger charge is -2.27. The van der Waals surface area contributed by atoms with E-state index in [1.165, 1.54) is 16.4 Å². The van der Waals surface area contributed by atoms with Crippen LogP contribution in [0.3, 0.4) is 0 Å². The number of benzene rings is 3. The molecule has 0 saturated carbocycles. The van der Waals surface area contributed by atoms with Gasteiger partial charge in [-0.1, -0.05) is 49.4 Å². The molecule has 0 heterocycles. The van der Waals surface area contributed by atoms with Gasteiger partial charge in [0.1, 0.15) is 12.3 Å². The highest BCUT2D eigenvalue weighted by molar-refractivity contribution is 7.92. The van der Waals surface area contributed by atoms with Crippen molar-refractivity contribution in [1.82, 2.24) is 5.32 Å². The quantitative estimate of drug-likeness (QED) is 0.493. The van der Waals surface area contributed by atoms with Crippen molar-refractivity contribution in [2.75, 3.05) is 18.0 Å². The maximum atomic E-state index is 13.6. The van der Waals surface area contributed by atoms with Gasteiger partial charge in [-0.3, -0.25) is 9.10 Å². The molecule has 0 aliphatic rings. The molecule has 0 radical (unpaired) electrons. The topological polar surface area (TPSA) is 75.7 Å². The van der Waals surface area contributed by atoms with Crippen LogP contribution < -0.4 is 14.4 Å². The van der Waals surface area contributed by atoms with E-state index in [1.54, 1.807) is 31.4 Å². The number of carbonyl (C=O) groups excluding carboxylic acids is 1. The van der Waals surface area contributed by atoms with Crippen molar-refractivity contribution in [3.05, 3.63) is 89.5 Å². The van der Waals surface area contributed by atoms with Gasteiger partial charge >= 0.3 is 0 Å². The summed E-state index contributed by atoms with van der Waals surface area (Å²) in [6.45, 7) is 5.38. The van der Waals surface area contributed by atoms with E-state index in [2.05, 4.69) is 5.32 Å². The number of aryl methyl sites for hydroxylation is 2. The maximum Gasteiger partial charge on any atom is 0.264 e. The summed E-state index contributed by atoms with van der Waals surface area (Å²) < 4.78 is 33.5. The van der Waals surface area contributed by atoms with Crippen LogP contribution in [0.15, 0.2) is 77.7 Å². The zero-order valence-corrected chi connectivity index (χ0v) is 20.2. The van der Waals surface area contributed by atoms with Gasteiger partial charge in [0.25, 0.3) is 10.0 Å². The molecule has 0 spiro atoms. The van der Waals surface area contributed by atoms with Gasteiger partial charge in [-0.25, -0.2) is 8.42 Å². The smallest absolute Gasteiger partial charge is 0.264 e. The number of ether oxygens (including phenoxy) is 1. The predicted octanol–water partition coefficient (Wildman–Crippen LogP) is 4.77. The number of nitrogens with one attached hydrogen (secondary N) is 1. The molecule has 7 heteroatoms. The third-order valence-corrected chi connectivity index (χ3v) is 7.29. The first kappa shape index (κ1) is 24.3. The monoisotopic (exact) mass is 466 g/mol. The standard InChI is InChI=1S/C26H30N2O4S/c1-5-24(21-13-15-22(32-4)16-14-21)27-26(29)18-28(25-17-19(2)11-12-20(25)3)33(30,31)23-9-7-6-8-10-23/h6-17,24H,5,18H2,1-4H3,(H,27,29)/t24-/m0/s1. The minimum absolute atomic E-state index is 0.140. The molecule has 3 aromatic rings. The van der Waals surface area contributed by atoms with Crippen LogP contribution in [0.25, 0.3) is 0 Å². The molecule has 6 nitrogen and oxygen atoms in total. The van der Waals surface area contributed by atoms with Crippen LogP contribution in [0.1, 0.15) is 36.1 Å². The average molecular weight is 467 g/mol. The summed E-state index contributed by atoms with van der Waals surface area (Å²) >= 11 is 0. The largest absolute Gasteiger partial charge is 0.497 e. The lowest BCUT2D eigenvalue weighted by Crippen LogP contribution is -2.42. The molecular formula is C26H30N2O4S. The lowest BCUT2D eigenvalue weighted by atomic mass is 10.0. The van der Waals surface area contributed by atoms with Crippen molar-refractivity contribution in [2.45, 2.75) is 38.1 Å². The highest BCUT2D eigenvalue weighted by Crippen LogP contribution is 2.28. The van der Waals surface area contributed by atoms with Gasteiger partial charge in [-0.2, -0.15) is 0 Å². The van der Waals surface area contributed by atoms with E-state index in [-0.39, 0.29) is 23.4 Å². The Bertz CT molecular complexity index is 1190. The van der Waals surface area contributed by atoms with E-state index in [1.807, 2.05) is 57.2 Å². The molecule has 33 heavy (non-hydrogen) atoms. The van der Waals surface area contributed by atoms with Crippen molar-refractivity contribution in [1.29, 1.82) is 0 Å². The van der Waals surface area contributed by atoms with Crippen LogP contribution in [-0.4, -0.2) is 28.0 Å². The summed E-state index contributed by atoms with van der Waals surface area (Å²) in [5.74, 6) is 0.355. The Morgan fingerprint density at radius 3 is 2.27 bits per heavy atom. The van der Waals surface area contributed by atoms with Crippen molar-refractivity contribution in [3.8, 4) is 5.75 Å². The highest BCUT2D eigenvalue weighted by atomic mass is 32.2. The van der Waals surface area contributed by atoms with Crippen molar-refractivity contribution >= 4 is 21.6 Å². The maximum absolute atomic E-state index is 13.6. The van der Waals surface area contributed by atoms with Gasteiger partial charge in [0.05, 0.1) is 23.7 Å². The van der Waals surface area contributed by atoms with Gasteiger partial charge in [0.2, 0.25) is 5.91 Å². The number of amides is 1. The van der Waals surface area contributed by atoms with Crippen LogP contribution in [0.5, 0.6) is 5.75 Å². The van der Waals surface area contributed by atoms with E-state index in [4.69, 9.17) is 4.74 Å². The SMILES string of the molecule is CC[C@H](NC(=O)CN(c1cc(C)ccc1C)S(=O)(=O)c1ccccc1)c1ccc(OC)cc1. The molecule has 1 N–H and O–H groups in total. The number of sulfonamides is 1. The molecule has 3 rings (SSSR count). The van der Waals surface area contributed by atoms with Gasteiger partial charge in [-0.15, -0.1) is 0 Å². The molecule has 0 fully saturated rings. The average Bonchev–Trinajstić information content (AvgIpc) is 2.83. The van der Waals surface area contributed by atoms with Gasteiger partial charge in [-0.05, 0) is 67.3 Å². The number of methoxy groups -OCH3 is 1. The third-order valence-electron chi connectivity index (χ3n) is 5.51. The van der Waals surface area contributed by atoms with E-state index >= 15 is 0 Å². The molecule has 0 saturated heterocycles.